The summed E-state index contributed by atoms with van der Waals surface area (Å²) in [6.45, 7) is 0.376. The fourth-order valence-electron chi connectivity index (χ4n) is 1.10. The van der Waals surface area contributed by atoms with Crippen LogP contribution in [0.3, 0.4) is 0 Å². The second-order valence-corrected chi connectivity index (χ2v) is 2.50. The predicted molar refractivity (Wildman–Crippen MR) is 47.0 cm³/mol. The molecule has 2 aromatic heterocycles. The van der Waals surface area contributed by atoms with Crippen molar-refractivity contribution in [3.05, 3.63) is 36.8 Å². The standard InChI is InChI=1S/C8H9N5/c9-5-7-8(12-2-1-11-7)13-4-3-10-6-13/h1-4,6H,5,9H2. The topological polar surface area (TPSA) is 69.6 Å². The summed E-state index contributed by atoms with van der Waals surface area (Å²) in [4.78, 5) is 12.2. The van der Waals surface area contributed by atoms with Crippen LogP contribution in [-0.2, 0) is 6.54 Å². The van der Waals surface area contributed by atoms with Crippen molar-refractivity contribution in [3.63, 3.8) is 0 Å². The summed E-state index contributed by atoms with van der Waals surface area (Å²) < 4.78 is 1.79. The molecule has 0 spiro atoms. The number of hydrogen-bond donors (Lipinski definition) is 1. The van der Waals surface area contributed by atoms with E-state index < -0.39 is 0 Å². The van der Waals surface area contributed by atoms with Crippen molar-refractivity contribution in [2.75, 3.05) is 0 Å². The van der Waals surface area contributed by atoms with E-state index in [1.165, 1.54) is 0 Å². The number of aromatic nitrogens is 4. The Morgan fingerprint density at radius 2 is 2.08 bits per heavy atom. The van der Waals surface area contributed by atoms with Gasteiger partial charge in [-0.05, 0) is 0 Å². The number of imidazole rings is 1. The van der Waals surface area contributed by atoms with Crippen LogP contribution >= 0.6 is 0 Å². The fourth-order valence-corrected chi connectivity index (χ4v) is 1.10. The Morgan fingerprint density at radius 1 is 1.23 bits per heavy atom. The Kier molecular flexibility index (Phi) is 2.01. The average Bonchev–Trinajstić information content (AvgIpc) is 2.70. The zero-order valence-electron chi connectivity index (χ0n) is 6.96. The molecule has 0 aliphatic heterocycles. The summed E-state index contributed by atoms with van der Waals surface area (Å²) in [5, 5.41) is 0. The summed E-state index contributed by atoms with van der Waals surface area (Å²) in [6.07, 6.45) is 8.43. The number of nitrogens with two attached hydrogens (primary N) is 1. The van der Waals surface area contributed by atoms with Crippen molar-refractivity contribution in [1.82, 2.24) is 19.5 Å². The van der Waals surface area contributed by atoms with Gasteiger partial charge in [-0.2, -0.15) is 0 Å². The second kappa shape index (κ2) is 3.32. The van der Waals surface area contributed by atoms with E-state index in [0.29, 0.717) is 6.54 Å². The lowest BCUT2D eigenvalue weighted by Crippen LogP contribution is -2.07. The van der Waals surface area contributed by atoms with Crippen LogP contribution < -0.4 is 5.73 Å². The molecule has 0 aromatic carbocycles. The minimum Gasteiger partial charge on any atom is -0.325 e. The lowest BCUT2D eigenvalue weighted by molar-refractivity contribution is 0.884. The van der Waals surface area contributed by atoms with E-state index in [4.69, 9.17) is 5.73 Å². The van der Waals surface area contributed by atoms with Gasteiger partial charge in [0, 0.05) is 31.3 Å². The highest BCUT2D eigenvalue weighted by atomic mass is 15.1. The maximum atomic E-state index is 5.52. The van der Waals surface area contributed by atoms with Gasteiger partial charge in [-0.15, -0.1) is 0 Å². The molecule has 5 heteroatoms. The van der Waals surface area contributed by atoms with Crippen LogP contribution in [-0.4, -0.2) is 19.5 Å². The molecular weight excluding hydrogens is 166 g/mol. The molecule has 0 bridgehead atoms. The summed E-state index contributed by atoms with van der Waals surface area (Å²) in [5.41, 5.74) is 6.28. The van der Waals surface area contributed by atoms with Crippen LogP contribution in [0.15, 0.2) is 31.1 Å². The average molecular weight is 175 g/mol. The molecule has 0 unspecified atom stereocenters. The minimum absolute atomic E-state index is 0.376. The molecule has 13 heavy (non-hydrogen) atoms. The van der Waals surface area contributed by atoms with Gasteiger partial charge in [-0.3, -0.25) is 9.55 Å². The molecule has 0 atom stereocenters. The van der Waals surface area contributed by atoms with E-state index in [9.17, 15) is 0 Å². The van der Waals surface area contributed by atoms with Crippen molar-refractivity contribution in [2.24, 2.45) is 5.73 Å². The quantitative estimate of drug-likeness (QED) is 0.703. The normalized spacial score (nSPS) is 10.2. The van der Waals surface area contributed by atoms with Crippen LogP contribution in [0.4, 0.5) is 0 Å². The molecule has 0 fully saturated rings. The first kappa shape index (κ1) is 7.88. The molecule has 2 rings (SSSR count). The zero-order chi connectivity index (χ0) is 9.10. The summed E-state index contributed by atoms with van der Waals surface area (Å²) in [7, 11) is 0. The Hall–Kier alpha value is -1.75. The summed E-state index contributed by atoms with van der Waals surface area (Å²) in [5.74, 6) is 0.738. The van der Waals surface area contributed by atoms with Gasteiger partial charge >= 0.3 is 0 Å². The van der Waals surface area contributed by atoms with Crippen LogP contribution in [0, 0.1) is 0 Å². The second-order valence-electron chi connectivity index (χ2n) is 2.50. The Bertz CT molecular complexity index is 381. The van der Waals surface area contributed by atoms with Gasteiger partial charge < -0.3 is 5.73 Å². The smallest absolute Gasteiger partial charge is 0.161 e. The number of hydrogen-bond acceptors (Lipinski definition) is 4. The van der Waals surface area contributed by atoms with Gasteiger partial charge in [0.05, 0.1) is 5.69 Å². The summed E-state index contributed by atoms with van der Waals surface area (Å²) in [6, 6.07) is 0. The molecule has 66 valence electrons. The van der Waals surface area contributed by atoms with Gasteiger partial charge in [0.15, 0.2) is 5.82 Å². The molecule has 2 heterocycles. The molecule has 0 saturated carbocycles. The van der Waals surface area contributed by atoms with Gasteiger partial charge in [0.25, 0.3) is 0 Å². The number of rotatable bonds is 2. The molecule has 0 aliphatic rings. The third-order valence-corrected chi connectivity index (χ3v) is 1.69. The molecule has 0 amide bonds. The van der Waals surface area contributed by atoms with E-state index in [2.05, 4.69) is 15.0 Å². The lowest BCUT2D eigenvalue weighted by atomic mass is 10.4. The van der Waals surface area contributed by atoms with Crippen molar-refractivity contribution in [1.29, 1.82) is 0 Å². The van der Waals surface area contributed by atoms with Gasteiger partial charge in [-0.1, -0.05) is 0 Å². The highest BCUT2D eigenvalue weighted by Crippen LogP contribution is 2.06. The largest absolute Gasteiger partial charge is 0.325 e. The van der Waals surface area contributed by atoms with Crippen LogP contribution in [0.5, 0.6) is 0 Å². The highest BCUT2D eigenvalue weighted by Gasteiger charge is 2.03. The highest BCUT2D eigenvalue weighted by molar-refractivity contribution is 5.27. The Balaban J connectivity index is 2.51. The van der Waals surface area contributed by atoms with Crippen LogP contribution in [0.2, 0.25) is 0 Å². The first-order chi connectivity index (χ1) is 6.42. The first-order valence-electron chi connectivity index (χ1n) is 3.90. The zero-order valence-corrected chi connectivity index (χ0v) is 6.96. The van der Waals surface area contributed by atoms with Crippen molar-refractivity contribution in [3.8, 4) is 5.82 Å². The molecule has 2 N–H and O–H groups in total. The Labute approximate surface area is 75.3 Å². The third kappa shape index (κ3) is 1.41. The molecule has 0 saturated heterocycles. The lowest BCUT2D eigenvalue weighted by Gasteiger charge is -2.04. The molecule has 2 aromatic rings. The van der Waals surface area contributed by atoms with Gasteiger partial charge in [-0.25, -0.2) is 9.97 Å². The molecule has 0 aliphatic carbocycles. The minimum atomic E-state index is 0.376. The molecule has 5 nitrogen and oxygen atoms in total. The van der Waals surface area contributed by atoms with Crippen molar-refractivity contribution >= 4 is 0 Å². The van der Waals surface area contributed by atoms with Crippen LogP contribution in [0.25, 0.3) is 5.82 Å². The monoisotopic (exact) mass is 175 g/mol. The molecular formula is C8H9N5. The van der Waals surface area contributed by atoms with E-state index in [-0.39, 0.29) is 0 Å². The van der Waals surface area contributed by atoms with E-state index in [0.717, 1.165) is 11.5 Å². The fraction of sp³-hybridized carbons (Fsp3) is 0.125. The van der Waals surface area contributed by atoms with E-state index in [1.54, 1.807) is 29.5 Å². The Morgan fingerprint density at radius 3 is 2.77 bits per heavy atom. The number of nitrogens with zero attached hydrogens (tertiary/aromatic N) is 4. The SMILES string of the molecule is NCc1nccnc1-n1ccnc1. The maximum Gasteiger partial charge on any atom is 0.161 e. The maximum absolute atomic E-state index is 5.52. The summed E-state index contributed by atoms with van der Waals surface area (Å²) >= 11 is 0. The van der Waals surface area contributed by atoms with Crippen molar-refractivity contribution < 1.29 is 0 Å². The third-order valence-electron chi connectivity index (χ3n) is 1.69. The van der Waals surface area contributed by atoms with Gasteiger partial charge in [0.1, 0.15) is 6.33 Å². The van der Waals surface area contributed by atoms with E-state index >= 15 is 0 Å². The van der Waals surface area contributed by atoms with Crippen molar-refractivity contribution in [2.45, 2.75) is 6.54 Å². The predicted octanol–water partition coefficient (Wildman–Crippen LogP) is 0.121. The molecule has 0 radical (unpaired) electrons. The van der Waals surface area contributed by atoms with E-state index in [1.807, 2.05) is 6.20 Å². The first-order valence-corrected chi connectivity index (χ1v) is 3.90. The van der Waals surface area contributed by atoms with Crippen LogP contribution in [0.1, 0.15) is 5.69 Å². The van der Waals surface area contributed by atoms with Gasteiger partial charge in [0.2, 0.25) is 0 Å².